The number of hydrogen-bond donors (Lipinski definition) is 1. The molecule has 0 bridgehead atoms. The van der Waals surface area contributed by atoms with E-state index in [0.29, 0.717) is 0 Å². The molecular weight excluding hydrogens is 507 g/mol. The third kappa shape index (κ3) is 5.98. The predicted molar refractivity (Wildman–Crippen MR) is 91.4 cm³/mol. The molecule has 0 aliphatic heterocycles. The highest BCUT2D eigenvalue weighted by atomic mass is 79.9. The molecule has 2 rings (SSSR count). The van der Waals surface area contributed by atoms with Gasteiger partial charge in [0.1, 0.15) is 6.61 Å². The van der Waals surface area contributed by atoms with Crippen molar-refractivity contribution in [3.05, 3.63) is 54.9 Å². The first-order valence-corrected chi connectivity index (χ1v) is 8.36. The molecule has 24 heavy (non-hydrogen) atoms. The van der Waals surface area contributed by atoms with Gasteiger partial charge in [-0.3, -0.25) is 0 Å². The fraction of sp³-hybridized carbons (Fsp3) is 0.143. The summed E-state index contributed by atoms with van der Waals surface area (Å²) in [6.45, 7) is -0.882. The molecule has 10 heteroatoms. The number of phenolic OH excluding ortho intramolecular Hbond substituents is 1. The maximum Gasteiger partial charge on any atom is 0.272 e. The summed E-state index contributed by atoms with van der Waals surface area (Å²) in [5.41, 5.74) is 0. The van der Waals surface area contributed by atoms with E-state index in [1.807, 2.05) is 0 Å². The van der Waals surface area contributed by atoms with Crippen LogP contribution in [0.2, 0.25) is 10.0 Å². The van der Waals surface area contributed by atoms with Crippen LogP contribution < -0.4 is 4.74 Å². The topological polar surface area (TPSA) is 29.5 Å². The maximum absolute atomic E-state index is 13.2. The minimum atomic E-state index is -2.66. The van der Waals surface area contributed by atoms with Gasteiger partial charge in [0.05, 0.1) is 19.0 Å². The van der Waals surface area contributed by atoms with Crippen molar-refractivity contribution < 1.29 is 27.4 Å². The van der Waals surface area contributed by atoms with Crippen molar-refractivity contribution in [3.8, 4) is 11.5 Å². The number of halogens is 8. The van der Waals surface area contributed by atoms with E-state index in [0.717, 1.165) is 0 Å². The van der Waals surface area contributed by atoms with Crippen LogP contribution in [0.15, 0.2) is 33.2 Å². The minimum absolute atomic E-state index is 0.0145. The summed E-state index contributed by atoms with van der Waals surface area (Å²) >= 11 is 16.7. The highest BCUT2D eigenvalue weighted by molar-refractivity contribution is 9.10. The third-order valence-electron chi connectivity index (χ3n) is 2.38. The Kier molecular flexibility index (Phi) is 8.62. The van der Waals surface area contributed by atoms with E-state index < -0.39 is 30.4 Å². The molecular formula is C14H8Br2Cl2F4O2. The van der Waals surface area contributed by atoms with Gasteiger partial charge in [-0.25, -0.2) is 17.6 Å². The molecule has 2 nitrogen and oxygen atoms in total. The van der Waals surface area contributed by atoms with Gasteiger partial charge < -0.3 is 9.84 Å². The Hall–Kier alpha value is -0.700. The molecule has 0 atom stereocenters. The zero-order valence-electron chi connectivity index (χ0n) is 11.5. The average Bonchev–Trinajstić information content (AvgIpc) is 2.53. The van der Waals surface area contributed by atoms with E-state index in [4.69, 9.17) is 28.3 Å². The van der Waals surface area contributed by atoms with Crippen LogP contribution >= 0.6 is 55.1 Å². The van der Waals surface area contributed by atoms with Gasteiger partial charge in [-0.2, -0.15) is 0 Å². The van der Waals surface area contributed by atoms with Gasteiger partial charge in [-0.05, 0) is 56.1 Å². The number of ether oxygens (including phenoxy) is 1. The monoisotopic (exact) mass is 512 g/mol. The quantitative estimate of drug-likeness (QED) is 0.359. The van der Waals surface area contributed by atoms with Crippen molar-refractivity contribution in [1.82, 2.24) is 0 Å². The summed E-state index contributed by atoms with van der Waals surface area (Å²) in [5.74, 6) is -2.39. The molecule has 1 N–H and O–H groups in total. The normalized spacial score (nSPS) is 10.4. The van der Waals surface area contributed by atoms with Crippen LogP contribution in [0.4, 0.5) is 17.6 Å². The molecule has 0 aliphatic rings. The van der Waals surface area contributed by atoms with Gasteiger partial charge in [0.15, 0.2) is 23.1 Å². The number of benzene rings is 2. The fourth-order valence-electron chi connectivity index (χ4n) is 1.30. The largest absolute Gasteiger partial charge is 0.504 e. The second-order valence-corrected chi connectivity index (χ2v) is 6.59. The van der Waals surface area contributed by atoms with E-state index in [2.05, 4.69) is 36.6 Å². The van der Waals surface area contributed by atoms with Crippen molar-refractivity contribution in [2.45, 2.75) is 6.43 Å². The molecule has 0 unspecified atom stereocenters. The summed E-state index contributed by atoms with van der Waals surface area (Å²) < 4.78 is 54.2. The zero-order valence-corrected chi connectivity index (χ0v) is 16.2. The fourth-order valence-corrected chi connectivity index (χ4v) is 2.28. The number of aromatic hydroxyl groups is 1. The predicted octanol–water partition coefficient (Wildman–Crippen LogP) is 6.83. The van der Waals surface area contributed by atoms with Crippen molar-refractivity contribution in [2.75, 3.05) is 6.61 Å². The van der Waals surface area contributed by atoms with E-state index in [-0.39, 0.29) is 24.7 Å². The Labute approximate surface area is 161 Å². The molecule has 2 aromatic rings. The SMILES string of the molecule is Fc1c(Br)ccc(Cl)c1OCC(F)F.Oc1c(Cl)ccc(Br)c1F. The standard InChI is InChI=1S/C8H5BrClF3O.C6H3BrClFO/c9-4-1-2-5(10)8(7(4)13)14-3-6(11)12;7-3-1-2-4(8)6(10)5(3)9/h1-2,6H,3H2;1-2,10H. The molecule has 0 saturated heterocycles. The second-order valence-electron chi connectivity index (χ2n) is 4.07. The van der Waals surface area contributed by atoms with Crippen LogP contribution in [0.25, 0.3) is 0 Å². The van der Waals surface area contributed by atoms with Gasteiger partial charge in [-0.15, -0.1) is 0 Å². The summed E-state index contributed by atoms with van der Waals surface area (Å²) in [6, 6.07) is 5.56. The van der Waals surface area contributed by atoms with E-state index in [1.54, 1.807) is 0 Å². The van der Waals surface area contributed by atoms with Crippen LogP contribution in [0, 0.1) is 11.6 Å². The van der Waals surface area contributed by atoms with Crippen molar-refractivity contribution in [2.24, 2.45) is 0 Å². The lowest BCUT2D eigenvalue weighted by Crippen LogP contribution is -2.08. The van der Waals surface area contributed by atoms with Gasteiger partial charge in [0, 0.05) is 0 Å². The molecule has 2 aromatic carbocycles. The Morgan fingerprint density at radius 1 is 0.958 bits per heavy atom. The second kappa shape index (κ2) is 9.70. The molecule has 0 aliphatic carbocycles. The first-order chi connectivity index (χ1) is 11.1. The molecule has 0 aromatic heterocycles. The van der Waals surface area contributed by atoms with Crippen molar-refractivity contribution in [1.29, 1.82) is 0 Å². The molecule has 132 valence electrons. The lowest BCUT2D eigenvalue weighted by atomic mass is 10.3. The Bertz CT molecular complexity index is 691. The minimum Gasteiger partial charge on any atom is -0.504 e. The van der Waals surface area contributed by atoms with Gasteiger partial charge in [-0.1, -0.05) is 23.2 Å². The molecule has 0 fully saturated rings. The summed E-state index contributed by atoms with van der Waals surface area (Å²) in [5, 5.41) is 8.83. The molecule has 0 amide bonds. The molecule has 0 saturated carbocycles. The van der Waals surface area contributed by atoms with E-state index in [1.165, 1.54) is 24.3 Å². The van der Waals surface area contributed by atoms with Gasteiger partial charge in [0.2, 0.25) is 0 Å². The smallest absolute Gasteiger partial charge is 0.272 e. The number of hydrogen-bond acceptors (Lipinski definition) is 2. The van der Waals surface area contributed by atoms with Crippen LogP contribution in [-0.4, -0.2) is 18.1 Å². The zero-order chi connectivity index (χ0) is 18.4. The van der Waals surface area contributed by atoms with Crippen LogP contribution in [0.3, 0.4) is 0 Å². The third-order valence-corrected chi connectivity index (χ3v) is 4.20. The van der Waals surface area contributed by atoms with Crippen LogP contribution in [-0.2, 0) is 0 Å². The molecule has 0 radical (unpaired) electrons. The van der Waals surface area contributed by atoms with E-state index in [9.17, 15) is 17.6 Å². The van der Waals surface area contributed by atoms with Crippen molar-refractivity contribution in [3.63, 3.8) is 0 Å². The lowest BCUT2D eigenvalue weighted by Gasteiger charge is -2.08. The van der Waals surface area contributed by atoms with Gasteiger partial charge in [0.25, 0.3) is 6.43 Å². The molecule has 0 spiro atoms. The lowest BCUT2D eigenvalue weighted by molar-refractivity contribution is 0.0799. The van der Waals surface area contributed by atoms with E-state index >= 15 is 0 Å². The Balaban J connectivity index is 0.000000254. The van der Waals surface area contributed by atoms with Crippen LogP contribution in [0.5, 0.6) is 11.5 Å². The van der Waals surface area contributed by atoms with Crippen molar-refractivity contribution >= 4 is 55.1 Å². The number of alkyl halides is 2. The summed E-state index contributed by atoms with van der Waals surface area (Å²) in [6.07, 6.45) is -2.66. The highest BCUT2D eigenvalue weighted by Gasteiger charge is 2.14. The summed E-state index contributed by atoms with van der Waals surface area (Å²) in [7, 11) is 0. The molecule has 0 heterocycles. The Morgan fingerprint density at radius 2 is 1.46 bits per heavy atom. The number of rotatable bonds is 3. The maximum atomic E-state index is 13.2. The average molecular weight is 515 g/mol. The highest BCUT2D eigenvalue weighted by Crippen LogP contribution is 2.33. The summed E-state index contributed by atoms with van der Waals surface area (Å²) in [4.78, 5) is 0. The first kappa shape index (κ1) is 21.3. The van der Waals surface area contributed by atoms with Gasteiger partial charge >= 0.3 is 0 Å². The van der Waals surface area contributed by atoms with Crippen LogP contribution in [0.1, 0.15) is 0 Å². The number of phenols is 1. The first-order valence-electron chi connectivity index (χ1n) is 6.02. The Morgan fingerprint density at radius 3 is 1.96 bits per heavy atom.